The fourth-order valence-corrected chi connectivity index (χ4v) is 2.00. The summed E-state index contributed by atoms with van der Waals surface area (Å²) in [5, 5.41) is 0. The fourth-order valence-electron chi connectivity index (χ4n) is 2.00. The highest BCUT2D eigenvalue weighted by Crippen LogP contribution is 2.08. The quantitative estimate of drug-likeness (QED) is 0.457. The summed E-state index contributed by atoms with van der Waals surface area (Å²) >= 11 is 0. The Morgan fingerprint density at radius 1 is 1.17 bits per heavy atom. The monoisotopic (exact) mass is 237 g/mol. The Hall–Kier alpha value is -2.76. The molecule has 86 valence electrons. The van der Waals surface area contributed by atoms with E-state index in [-0.39, 0.29) is 0 Å². The molecule has 0 radical (unpaired) electrons. The molecule has 0 aromatic carbocycles. The van der Waals surface area contributed by atoms with Crippen molar-refractivity contribution in [1.29, 1.82) is 0 Å². The predicted molar refractivity (Wildman–Crippen MR) is 63.3 cm³/mol. The van der Waals surface area contributed by atoms with Crippen LogP contribution in [0, 0.1) is 0 Å². The van der Waals surface area contributed by atoms with E-state index in [1.54, 1.807) is 18.7 Å². The first kappa shape index (κ1) is 9.29. The van der Waals surface area contributed by atoms with E-state index in [1.807, 2.05) is 50.3 Å². The van der Waals surface area contributed by atoms with Gasteiger partial charge in [0.1, 0.15) is 24.9 Å². The van der Waals surface area contributed by atoms with Crippen LogP contribution in [-0.2, 0) is 0 Å². The molecule has 0 aliphatic carbocycles. The normalized spacial score (nSPS) is 11.3. The van der Waals surface area contributed by atoms with Crippen molar-refractivity contribution in [2.45, 2.75) is 0 Å². The van der Waals surface area contributed by atoms with Crippen LogP contribution in [0.25, 0.3) is 17.2 Å². The molecule has 4 aromatic rings. The van der Waals surface area contributed by atoms with Gasteiger partial charge in [-0.3, -0.25) is 4.40 Å². The van der Waals surface area contributed by atoms with Crippen LogP contribution >= 0.6 is 0 Å². The van der Waals surface area contributed by atoms with Crippen molar-refractivity contribution in [3.8, 4) is 5.82 Å². The Kier molecular flexibility index (Phi) is 1.74. The topological polar surface area (TPSA) is 52.1 Å². The van der Waals surface area contributed by atoms with Crippen LogP contribution in [0.15, 0.2) is 55.6 Å². The molecule has 4 aromatic heterocycles. The van der Waals surface area contributed by atoms with Crippen molar-refractivity contribution in [1.82, 2.24) is 23.9 Å². The second-order valence-corrected chi connectivity index (χ2v) is 3.94. The first-order valence-corrected chi connectivity index (χ1v) is 5.54. The van der Waals surface area contributed by atoms with Crippen LogP contribution < -0.4 is 4.40 Å². The summed E-state index contributed by atoms with van der Waals surface area (Å²) in [5.41, 5.74) is 0.815. The third-order valence-corrected chi connectivity index (χ3v) is 2.85. The smallest absolute Gasteiger partial charge is 0.290 e. The van der Waals surface area contributed by atoms with Gasteiger partial charge in [-0.15, -0.1) is 0 Å². The fraction of sp³-hybridized carbons (Fsp3) is 0. The van der Waals surface area contributed by atoms with E-state index in [1.165, 1.54) is 0 Å². The molecule has 0 atom stereocenters. The highest BCUT2D eigenvalue weighted by atomic mass is 15.2. The molecule has 0 bridgehead atoms. The molecule has 0 saturated heterocycles. The summed E-state index contributed by atoms with van der Waals surface area (Å²) in [6.45, 7) is 0. The van der Waals surface area contributed by atoms with Gasteiger partial charge in [0.15, 0.2) is 5.65 Å². The first-order valence-electron chi connectivity index (χ1n) is 5.54. The Morgan fingerprint density at radius 3 is 3.17 bits per heavy atom. The van der Waals surface area contributed by atoms with E-state index in [4.69, 9.17) is 0 Å². The van der Waals surface area contributed by atoms with Crippen LogP contribution in [0.5, 0.6) is 0 Å². The number of hydrogen-bond donors (Lipinski definition) is 0. The van der Waals surface area contributed by atoms with E-state index in [9.17, 15) is 0 Å². The SMILES string of the molecule is c1cnc2n(-c3ccn4cncc4n3)cc[n+]2c1. The van der Waals surface area contributed by atoms with Crippen LogP contribution in [0.4, 0.5) is 0 Å². The molecule has 0 aliphatic rings. The van der Waals surface area contributed by atoms with E-state index < -0.39 is 0 Å². The molecule has 6 nitrogen and oxygen atoms in total. The molecular formula is C12H9N6+. The summed E-state index contributed by atoms with van der Waals surface area (Å²) in [4.78, 5) is 12.9. The van der Waals surface area contributed by atoms with Gasteiger partial charge in [0.25, 0.3) is 0 Å². The van der Waals surface area contributed by atoms with Gasteiger partial charge in [-0.05, 0) is 0 Å². The van der Waals surface area contributed by atoms with Gasteiger partial charge in [-0.25, -0.2) is 9.38 Å². The maximum absolute atomic E-state index is 4.54. The maximum Gasteiger partial charge on any atom is 0.409 e. The van der Waals surface area contributed by atoms with Gasteiger partial charge < -0.3 is 0 Å². The molecule has 0 aliphatic heterocycles. The van der Waals surface area contributed by atoms with Crippen LogP contribution in [-0.4, -0.2) is 23.9 Å². The molecule has 4 rings (SSSR count). The zero-order valence-electron chi connectivity index (χ0n) is 9.38. The van der Waals surface area contributed by atoms with Crippen LogP contribution in [0.2, 0.25) is 0 Å². The molecule has 18 heavy (non-hydrogen) atoms. The highest BCUT2D eigenvalue weighted by molar-refractivity contribution is 5.42. The summed E-state index contributed by atoms with van der Waals surface area (Å²) in [7, 11) is 0. The van der Waals surface area contributed by atoms with Crippen molar-refractivity contribution in [2.24, 2.45) is 0 Å². The van der Waals surface area contributed by atoms with E-state index in [0.717, 1.165) is 17.2 Å². The summed E-state index contributed by atoms with van der Waals surface area (Å²) in [6, 6.07) is 3.83. The number of nitrogens with zero attached hydrogens (tertiary/aromatic N) is 6. The maximum atomic E-state index is 4.54. The second-order valence-electron chi connectivity index (χ2n) is 3.94. The number of fused-ring (bicyclic) bond motifs is 2. The molecular weight excluding hydrogens is 228 g/mol. The molecule has 0 saturated carbocycles. The Labute approximate surface area is 102 Å². The van der Waals surface area contributed by atoms with Gasteiger partial charge in [0.05, 0.1) is 12.4 Å². The van der Waals surface area contributed by atoms with Gasteiger partial charge in [-0.1, -0.05) is 4.98 Å². The van der Waals surface area contributed by atoms with Crippen molar-refractivity contribution in [3.05, 3.63) is 55.6 Å². The molecule has 0 fully saturated rings. The minimum Gasteiger partial charge on any atom is -0.290 e. The zero-order valence-corrected chi connectivity index (χ0v) is 9.38. The molecule has 0 N–H and O–H groups in total. The number of hydrogen-bond acceptors (Lipinski definition) is 3. The minimum absolute atomic E-state index is 0.815. The zero-order chi connectivity index (χ0) is 11.9. The standard InChI is InChI=1S/C12H9N6/c1-3-14-12-16(4-1)6-7-18(12)10-2-5-17-9-13-8-11(17)15-10/h1-9H/q+1. The number of imidazole rings is 2. The van der Waals surface area contributed by atoms with Crippen LogP contribution in [0.3, 0.4) is 0 Å². The Balaban J connectivity index is 2.00. The lowest BCUT2D eigenvalue weighted by Crippen LogP contribution is -2.19. The summed E-state index contributed by atoms with van der Waals surface area (Å²) < 4.78 is 5.75. The second kappa shape index (κ2) is 3.36. The number of aromatic nitrogens is 6. The van der Waals surface area contributed by atoms with Crippen molar-refractivity contribution < 1.29 is 4.40 Å². The van der Waals surface area contributed by atoms with Crippen molar-refractivity contribution in [3.63, 3.8) is 0 Å². The molecule has 0 unspecified atom stereocenters. The largest absolute Gasteiger partial charge is 0.409 e. The average molecular weight is 237 g/mol. The van der Waals surface area contributed by atoms with Gasteiger partial charge in [0.2, 0.25) is 5.82 Å². The van der Waals surface area contributed by atoms with Gasteiger partial charge >= 0.3 is 5.78 Å². The lowest BCUT2D eigenvalue weighted by Gasteiger charge is -1.97. The van der Waals surface area contributed by atoms with Crippen molar-refractivity contribution >= 4 is 11.4 Å². The molecule has 0 amide bonds. The van der Waals surface area contributed by atoms with E-state index in [2.05, 4.69) is 15.0 Å². The minimum atomic E-state index is 0.815. The predicted octanol–water partition coefficient (Wildman–Crippen LogP) is 0.654. The first-order chi connectivity index (χ1) is 8.92. The molecule has 4 heterocycles. The Morgan fingerprint density at radius 2 is 2.17 bits per heavy atom. The molecule has 6 heteroatoms. The third kappa shape index (κ3) is 1.22. The van der Waals surface area contributed by atoms with E-state index in [0.29, 0.717) is 0 Å². The highest BCUT2D eigenvalue weighted by Gasteiger charge is 2.13. The molecule has 0 spiro atoms. The average Bonchev–Trinajstić information content (AvgIpc) is 3.04. The number of rotatable bonds is 1. The third-order valence-electron chi connectivity index (χ3n) is 2.85. The lowest BCUT2D eigenvalue weighted by atomic mass is 10.5. The van der Waals surface area contributed by atoms with Crippen LogP contribution in [0.1, 0.15) is 0 Å². The van der Waals surface area contributed by atoms with Gasteiger partial charge in [-0.2, -0.15) is 9.55 Å². The van der Waals surface area contributed by atoms with Gasteiger partial charge in [0, 0.05) is 18.3 Å². The summed E-state index contributed by atoms with van der Waals surface area (Å²) in [5.74, 6) is 1.65. The van der Waals surface area contributed by atoms with E-state index >= 15 is 0 Å². The summed E-state index contributed by atoms with van der Waals surface area (Å²) in [6.07, 6.45) is 13.0. The van der Waals surface area contributed by atoms with Crippen molar-refractivity contribution in [2.75, 3.05) is 0 Å². The lowest BCUT2D eigenvalue weighted by molar-refractivity contribution is -0.513. The Bertz CT molecular complexity index is 844.